The number of aromatic nitrogens is 2. The predicted molar refractivity (Wildman–Crippen MR) is 128 cm³/mol. The molecule has 0 bridgehead atoms. The number of anilines is 1. The third kappa shape index (κ3) is 5.82. The number of methoxy groups -OCH3 is 2. The largest absolute Gasteiger partial charge is 0.493 e. The molecule has 3 aromatic carbocycles. The smallest absolute Gasteiger partial charge is 0.416 e. The number of ketones is 1. The lowest BCUT2D eigenvalue weighted by Gasteiger charge is -2.13. The van der Waals surface area contributed by atoms with Gasteiger partial charge in [-0.15, -0.1) is 0 Å². The third-order valence-corrected chi connectivity index (χ3v) is 5.47. The molecule has 8 nitrogen and oxygen atoms in total. The number of rotatable bonds is 7. The van der Waals surface area contributed by atoms with Crippen LogP contribution in [0.2, 0.25) is 5.02 Å². The topological polar surface area (TPSA) is 99.6 Å². The highest BCUT2D eigenvalue weighted by molar-refractivity contribution is 6.46. The van der Waals surface area contributed by atoms with Gasteiger partial charge in [-0.1, -0.05) is 11.6 Å². The first-order valence-corrected chi connectivity index (χ1v) is 11.1. The Bertz CT molecular complexity index is 1590. The molecule has 1 N–H and O–H groups in total. The lowest BCUT2D eigenvalue weighted by molar-refractivity contribution is -0.137. The van der Waals surface area contributed by atoms with Crippen LogP contribution in [-0.4, -0.2) is 35.9 Å². The number of halogens is 6. The van der Waals surface area contributed by atoms with Crippen molar-refractivity contribution in [2.24, 2.45) is 0 Å². The minimum absolute atomic E-state index is 0.113. The summed E-state index contributed by atoms with van der Waals surface area (Å²) in [4.78, 5) is 32.9. The Morgan fingerprint density at radius 3 is 2.15 bits per heavy atom. The molecule has 0 saturated carbocycles. The van der Waals surface area contributed by atoms with Crippen LogP contribution in [0.25, 0.3) is 10.9 Å². The van der Waals surface area contributed by atoms with Gasteiger partial charge in [0.1, 0.15) is 23.7 Å². The van der Waals surface area contributed by atoms with E-state index in [1.807, 2.05) is 5.32 Å². The van der Waals surface area contributed by atoms with Gasteiger partial charge in [0.15, 0.2) is 11.5 Å². The summed E-state index contributed by atoms with van der Waals surface area (Å²) in [5, 5.41) is 1.78. The number of carbonyl (C=O) groups is 2. The van der Waals surface area contributed by atoms with Crippen molar-refractivity contribution in [1.82, 2.24) is 9.97 Å². The summed E-state index contributed by atoms with van der Waals surface area (Å²) in [6.07, 6.45) is -3.66. The Labute approximate surface area is 221 Å². The lowest BCUT2D eigenvalue weighted by atomic mass is 10.1. The van der Waals surface area contributed by atoms with Crippen molar-refractivity contribution >= 4 is 39.9 Å². The zero-order chi connectivity index (χ0) is 28.5. The maximum Gasteiger partial charge on any atom is 0.416 e. The first-order chi connectivity index (χ1) is 18.4. The average molecular weight is 568 g/mol. The molecular weight excluding hydrogens is 553 g/mol. The van der Waals surface area contributed by atoms with Crippen LogP contribution in [0.4, 0.5) is 27.6 Å². The molecule has 1 amide bonds. The summed E-state index contributed by atoms with van der Waals surface area (Å²) in [5.41, 5.74) is -2.60. The molecule has 39 heavy (non-hydrogen) atoms. The van der Waals surface area contributed by atoms with Gasteiger partial charge in [-0.3, -0.25) is 9.59 Å². The van der Waals surface area contributed by atoms with Gasteiger partial charge in [-0.05, 0) is 24.3 Å². The molecule has 0 unspecified atom stereocenters. The fraction of sp³-hybridized carbons (Fsp3) is 0.120. The number of carbonyl (C=O) groups excluding carboxylic acids is 2. The zero-order valence-corrected chi connectivity index (χ0v) is 20.6. The van der Waals surface area contributed by atoms with E-state index in [9.17, 15) is 31.5 Å². The van der Waals surface area contributed by atoms with Crippen LogP contribution in [0.3, 0.4) is 0 Å². The molecule has 0 aliphatic rings. The molecule has 4 rings (SSSR count). The van der Waals surface area contributed by atoms with Crippen LogP contribution in [0.1, 0.15) is 15.9 Å². The van der Waals surface area contributed by atoms with E-state index in [1.165, 1.54) is 26.4 Å². The summed E-state index contributed by atoms with van der Waals surface area (Å²) < 4.78 is 84.6. The van der Waals surface area contributed by atoms with E-state index in [2.05, 4.69) is 9.97 Å². The van der Waals surface area contributed by atoms with Crippen molar-refractivity contribution in [2.45, 2.75) is 6.18 Å². The molecule has 0 saturated heterocycles. The van der Waals surface area contributed by atoms with Crippen molar-refractivity contribution in [3.8, 4) is 23.1 Å². The molecule has 0 spiro atoms. The normalized spacial score (nSPS) is 11.3. The monoisotopic (exact) mass is 567 g/mol. The van der Waals surface area contributed by atoms with Gasteiger partial charge in [0.25, 0.3) is 11.7 Å². The predicted octanol–water partition coefficient (Wildman–Crippen LogP) is 6.21. The van der Waals surface area contributed by atoms with Gasteiger partial charge in [0, 0.05) is 28.9 Å². The number of Topliss-reactive ketones (excluding diaryl/α,β-unsaturated/α-hetero) is 1. The highest BCUT2D eigenvalue weighted by atomic mass is 35.5. The van der Waals surface area contributed by atoms with Gasteiger partial charge in [0.2, 0.25) is 5.88 Å². The minimum atomic E-state index is -4.80. The SMILES string of the molecule is COc1cc2ncnc(Oc3cc(F)c(C(=O)C(=O)Nc4cc(Cl)cc(C(F)(F)F)c4)c(F)c3)c2cc1OC. The van der Waals surface area contributed by atoms with Gasteiger partial charge < -0.3 is 19.5 Å². The van der Waals surface area contributed by atoms with E-state index < -0.39 is 52.1 Å². The Hall–Kier alpha value is -4.52. The molecule has 0 aliphatic heterocycles. The van der Waals surface area contributed by atoms with Gasteiger partial charge >= 0.3 is 6.18 Å². The molecule has 0 aliphatic carbocycles. The van der Waals surface area contributed by atoms with Gasteiger partial charge in [0.05, 0.1) is 36.2 Å². The highest BCUT2D eigenvalue weighted by Crippen LogP contribution is 2.37. The lowest BCUT2D eigenvalue weighted by Crippen LogP contribution is -2.25. The number of nitrogens with one attached hydrogen (secondary N) is 1. The summed E-state index contributed by atoms with van der Waals surface area (Å²) in [6, 6.07) is 6.34. The van der Waals surface area contributed by atoms with Crippen molar-refractivity contribution in [3.63, 3.8) is 0 Å². The Morgan fingerprint density at radius 2 is 1.54 bits per heavy atom. The average Bonchev–Trinajstić information content (AvgIpc) is 2.86. The second-order valence-corrected chi connectivity index (χ2v) is 8.21. The van der Waals surface area contributed by atoms with Crippen LogP contribution >= 0.6 is 11.6 Å². The molecule has 14 heteroatoms. The van der Waals surface area contributed by atoms with E-state index in [-0.39, 0.29) is 10.9 Å². The molecule has 0 radical (unpaired) electrons. The number of ether oxygens (including phenoxy) is 3. The van der Waals surface area contributed by atoms with Crippen LogP contribution in [0.15, 0.2) is 48.8 Å². The van der Waals surface area contributed by atoms with Crippen molar-refractivity contribution < 1.29 is 45.8 Å². The molecule has 0 fully saturated rings. The first kappa shape index (κ1) is 27.5. The van der Waals surface area contributed by atoms with E-state index >= 15 is 0 Å². The molecule has 0 atom stereocenters. The molecular formula is C25H15ClF5N3O5. The Balaban J connectivity index is 1.61. The second kappa shape index (κ2) is 10.7. The Morgan fingerprint density at radius 1 is 0.897 bits per heavy atom. The highest BCUT2D eigenvalue weighted by Gasteiger charge is 2.32. The number of hydrogen-bond donors (Lipinski definition) is 1. The van der Waals surface area contributed by atoms with Gasteiger partial charge in [-0.2, -0.15) is 13.2 Å². The van der Waals surface area contributed by atoms with Crippen LogP contribution in [0.5, 0.6) is 23.1 Å². The van der Waals surface area contributed by atoms with Crippen molar-refractivity contribution in [3.05, 3.63) is 76.6 Å². The van der Waals surface area contributed by atoms with Crippen LogP contribution in [0, 0.1) is 11.6 Å². The molecule has 1 heterocycles. The molecule has 202 valence electrons. The second-order valence-electron chi connectivity index (χ2n) is 7.78. The maximum atomic E-state index is 14.8. The number of amides is 1. The summed E-state index contributed by atoms with van der Waals surface area (Å²) >= 11 is 5.65. The zero-order valence-electron chi connectivity index (χ0n) is 19.8. The number of benzene rings is 3. The number of hydrogen-bond acceptors (Lipinski definition) is 7. The number of fused-ring (bicyclic) bond motifs is 1. The van der Waals surface area contributed by atoms with Crippen molar-refractivity contribution in [1.29, 1.82) is 0 Å². The standard InChI is InChI=1S/C25H15ClF5N3O5/c1-37-19-8-15-18(9-20(19)38-2)32-10-33-24(15)39-14-6-16(27)21(17(28)7-14)22(35)23(36)34-13-4-11(25(29,30)31)3-12(26)5-13/h3-10H,1-2H3,(H,34,36). The number of alkyl halides is 3. The summed E-state index contributed by atoms with van der Waals surface area (Å²) in [7, 11) is 2.82. The summed E-state index contributed by atoms with van der Waals surface area (Å²) in [6.45, 7) is 0. The fourth-order valence-corrected chi connectivity index (χ4v) is 3.74. The van der Waals surface area contributed by atoms with E-state index in [4.69, 9.17) is 25.8 Å². The summed E-state index contributed by atoms with van der Waals surface area (Å²) in [5.74, 6) is -6.08. The molecule has 4 aromatic rings. The van der Waals surface area contributed by atoms with Crippen LogP contribution in [-0.2, 0) is 11.0 Å². The minimum Gasteiger partial charge on any atom is -0.493 e. The Kier molecular flexibility index (Phi) is 7.54. The van der Waals surface area contributed by atoms with Crippen molar-refractivity contribution in [2.75, 3.05) is 19.5 Å². The molecule has 1 aromatic heterocycles. The first-order valence-electron chi connectivity index (χ1n) is 10.7. The van der Waals surface area contributed by atoms with E-state index in [0.29, 0.717) is 46.7 Å². The van der Waals surface area contributed by atoms with E-state index in [1.54, 1.807) is 0 Å². The van der Waals surface area contributed by atoms with Gasteiger partial charge in [-0.25, -0.2) is 18.7 Å². The maximum absolute atomic E-state index is 14.8. The number of nitrogens with zero attached hydrogens (tertiary/aromatic N) is 2. The third-order valence-electron chi connectivity index (χ3n) is 5.25. The fourth-order valence-electron chi connectivity index (χ4n) is 3.50. The quantitative estimate of drug-likeness (QED) is 0.161. The van der Waals surface area contributed by atoms with Crippen LogP contribution < -0.4 is 19.5 Å². The van der Waals surface area contributed by atoms with E-state index in [0.717, 1.165) is 12.4 Å².